The Morgan fingerprint density at radius 2 is 0.541 bits per heavy atom. The van der Waals surface area contributed by atoms with Crippen LogP contribution in [0.3, 0.4) is 0 Å². The van der Waals surface area contributed by atoms with Crippen molar-refractivity contribution < 1.29 is 0 Å². The lowest BCUT2D eigenvalue weighted by Gasteiger charge is -2.13. The van der Waals surface area contributed by atoms with Gasteiger partial charge in [0.05, 0.1) is 0 Å². The lowest BCUT2D eigenvalue weighted by molar-refractivity contribution is 1.56. The Bertz CT molecular complexity index is 3610. The normalized spacial score (nSPS) is 11.6. The van der Waals surface area contributed by atoms with E-state index in [1.54, 1.807) is 0 Å². The SMILES string of the molecule is c1ccc(-c2cccc3c2sc2ccc(-c4cccc(-c5cccc(-c6cccc(-c7cccc(-c8ccc9c%10ccccc%10c%10ccccc%10c9c8)c7)c6)c5)c4)cc23)cc1. The van der Waals surface area contributed by atoms with Crippen LogP contribution < -0.4 is 0 Å². The fraction of sp³-hybridized carbons (Fsp3) is 0. The van der Waals surface area contributed by atoms with Gasteiger partial charge in [-0.15, -0.1) is 11.3 Å². The quantitative estimate of drug-likeness (QED) is 0.147. The third-order valence-corrected chi connectivity index (χ3v) is 13.7. The molecule has 0 N–H and O–H groups in total. The highest BCUT2D eigenvalue weighted by Crippen LogP contribution is 2.42. The molecule has 284 valence electrons. The second-order valence-electron chi connectivity index (χ2n) is 16.0. The van der Waals surface area contributed by atoms with E-state index in [1.165, 1.54) is 119 Å². The maximum absolute atomic E-state index is 2.38. The first kappa shape index (κ1) is 35.4. The van der Waals surface area contributed by atoms with Crippen molar-refractivity contribution in [2.75, 3.05) is 0 Å². The molecule has 0 aliphatic carbocycles. The monoisotopic (exact) mass is 790 g/mol. The summed E-state index contributed by atoms with van der Waals surface area (Å²) in [7, 11) is 0. The van der Waals surface area contributed by atoms with Crippen molar-refractivity contribution in [1.29, 1.82) is 0 Å². The number of hydrogen-bond donors (Lipinski definition) is 0. The fourth-order valence-electron chi connectivity index (χ4n) is 9.42. The Hall–Kier alpha value is -7.58. The topological polar surface area (TPSA) is 0 Å². The molecule has 0 atom stereocenters. The summed E-state index contributed by atoms with van der Waals surface area (Å²) in [6, 6.07) is 84.9. The minimum atomic E-state index is 1.20. The van der Waals surface area contributed by atoms with E-state index in [9.17, 15) is 0 Å². The van der Waals surface area contributed by atoms with Crippen LogP contribution in [-0.2, 0) is 0 Å². The third-order valence-electron chi connectivity index (χ3n) is 12.4. The van der Waals surface area contributed by atoms with Gasteiger partial charge in [-0.1, -0.05) is 188 Å². The molecule has 61 heavy (non-hydrogen) atoms. The van der Waals surface area contributed by atoms with Crippen molar-refractivity contribution in [1.82, 2.24) is 0 Å². The van der Waals surface area contributed by atoms with Crippen LogP contribution in [-0.4, -0.2) is 0 Å². The number of benzene rings is 11. The summed E-state index contributed by atoms with van der Waals surface area (Å²) in [5, 5.41) is 10.4. The molecule has 0 bridgehead atoms. The highest BCUT2D eigenvalue weighted by Gasteiger charge is 2.14. The molecule has 0 nitrogen and oxygen atoms in total. The number of thiophene rings is 1. The van der Waals surface area contributed by atoms with Crippen molar-refractivity contribution >= 4 is 63.8 Å². The molecule has 0 saturated heterocycles. The van der Waals surface area contributed by atoms with E-state index in [0.717, 1.165) is 0 Å². The standard InChI is InChI=1S/C60H38S/c1-2-13-39(14-3-1)50-27-12-28-56-58-38-49(30-32-59(58)61-60(50)56)47-22-11-20-45(36-47)43-18-9-16-41(34-43)40-15-8-17-42(33-40)44-19-10-21-46(35-44)48-29-31-55-53-25-5-4-23-51(53)52-24-6-7-26-54(52)57(55)37-48/h1-38H. The van der Waals surface area contributed by atoms with E-state index < -0.39 is 0 Å². The van der Waals surface area contributed by atoms with Crippen LogP contribution in [0.15, 0.2) is 231 Å². The molecule has 0 aliphatic rings. The van der Waals surface area contributed by atoms with E-state index in [4.69, 9.17) is 0 Å². The molecule has 1 heteroatoms. The van der Waals surface area contributed by atoms with Crippen LogP contribution in [0, 0.1) is 0 Å². The molecule has 12 rings (SSSR count). The number of fused-ring (bicyclic) bond motifs is 9. The van der Waals surface area contributed by atoms with Gasteiger partial charge in [0.15, 0.2) is 0 Å². The van der Waals surface area contributed by atoms with Crippen molar-refractivity contribution in [3.05, 3.63) is 231 Å². The largest absolute Gasteiger partial charge is 0.135 e. The van der Waals surface area contributed by atoms with Gasteiger partial charge in [0, 0.05) is 20.2 Å². The maximum atomic E-state index is 2.38. The van der Waals surface area contributed by atoms with Crippen LogP contribution in [0.25, 0.3) is 119 Å². The average molecular weight is 791 g/mol. The zero-order valence-corrected chi connectivity index (χ0v) is 34.2. The molecule has 0 aliphatic heterocycles. The second kappa shape index (κ2) is 14.6. The van der Waals surface area contributed by atoms with E-state index in [0.29, 0.717) is 0 Å². The van der Waals surface area contributed by atoms with Gasteiger partial charge in [0.25, 0.3) is 0 Å². The van der Waals surface area contributed by atoms with Crippen LogP contribution in [0.2, 0.25) is 0 Å². The summed E-state index contributed by atoms with van der Waals surface area (Å²) in [4.78, 5) is 0. The van der Waals surface area contributed by atoms with Crippen molar-refractivity contribution in [2.24, 2.45) is 0 Å². The Balaban J connectivity index is 0.860. The molecule has 0 amide bonds. The van der Waals surface area contributed by atoms with Crippen molar-refractivity contribution in [3.63, 3.8) is 0 Å². The lowest BCUT2D eigenvalue weighted by Crippen LogP contribution is -1.86. The van der Waals surface area contributed by atoms with Crippen LogP contribution >= 0.6 is 11.3 Å². The average Bonchev–Trinajstić information content (AvgIpc) is 3.73. The van der Waals surface area contributed by atoms with Crippen molar-refractivity contribution in [3.8, 4) is 66.8 Å². The molecule has 11 aromatic carbocycles. The molecule has 0 saturated carbocycles. The predicted molar refractivity (Wildman–Crippen MR) is 264 cm³/mol. The van der Waals surface area contributed by atoms with Crippen LogP contribution in [0.1, 0.15) is 0 Å². The van der Waals surface area contributed by atoms with Gasteiger partial charge in [0.1, 0.15) is 0 Å². The smallest absolute Gasteiger partial charge is 0.0433 e. The number of rotatable bonds is 6. The summed E-state index contributed by atoms with van der Waals surface area (Å²) in [5.74, 6) is 0. The first-order valence-electron chi connectivity index (χ1n) is 21.0. The highest BCUT2D eigenvalue weighted by molar-refractivity contribution is 7.26. The van der Waals surface area contributed by atoms with E-state index in [2.05, 4.69) is 231 Å². The van der Waals surface area contributed by atoms with Gasteiger partial charge in [-0.2, -0.15) is 0 Å². The van der Waals surface area contributed by atoms with Crippen LogP contribution in [0.5, 0.6) is 0 Å². The summed E-state index contributed by atoms with van der Waals surface area (Å²) >= 11 is 1.89. The molecular weight excluding hydrogens is 753 g/mol. The van der Waals surface area contributed by atoms with E-state index >= 15 is 0 Å². The molecule has 1 heterocycles. The molecule has 0 fully saturated rings. The molecular formula is C60H38S. The Labute approximate surface area is 359 Å². The highest BCUT2D eigenvalue weighted by atomic mass is 32.1. The Morgan fingerprint density at radius 1 is 0.197 bits per heavy atom. The Morgan fingerprint density at radius 3 is 1.03 bits per heavy atom. The van der Waals surface area contributed by atoms with Gasteiger partial charge in [0.2, 0.25) is 0 Å². The first-order valence-corrected chi connectivity index (χ1v) is 21.8. The summed E-state index contributed by atoms with van der Waals surface area (Å²) in [5.41, 5.74) is 14.7. The summed E-state index contributed by atoms with van der Waals surface area (Å²) in [6.45, 7) is 0. The zero-order chi connectivity index (χ0) is 40.3. The van der Waals surface area contributed by atoms with E-state index in [1.807, 2.05) is 11.3 Å². The van der Waals surface area contributed by atoms with Gasteiger partial charge in [-0.3, -0.25) is 0 Å². The number of hydrogen-bond acceptors (Lipinski definition) is 1. The van der Waals surface area contributed by atoms with Gasteiger partial charge in [-0.05, 0) is 142 Å². The second-order valence-corrected chi connectivity index (χ2v) is 17.1. The first-order chi connectivity index (χ1) is 30.2. The fourth-order valence-corrected chi connectivity index (χ4v) is 10.6. The maximum Gasteiger partial charge on any atom is 0.0433 e. The molecule has 12 aromatic rings. The van der Waals surface area contributed by atoms with E-state index in [-0.39, 0.29) is 0 Å². The molecule has 0 spiro atoms. The zero-order valence-electron chi connectivity index (χ0n) is 33.3. The van der Waals surface area contributed by atoms with Gasteiger partial charge < -0.3 is 0 Å². The predicted octanol–water partition coefficient (Wildman–Crippen LogP) is 17.5. The molecule has 0 radical (unpaired) electrons. The summed E-state index contributed by atoms with van der Waals surface area (Å²) in [6.07, 6.45) is 0. The lowest BCUT2D eigenvalue weighted by atomic mass is 9.91. The minimum absolute atomic E-state index is 1.20. The van der Waals surface area contributed by atoms with Gasteiger partial charge in [-0.25, -0.2) is 0 Å². The molecule has 0 unspecified atom stereocenters. The summed E-state index contributed by atoms with van der Waals surface area (Å²) < 4.78 is 2.66. The minimum Gasteiger partial charge on any atom is -0.135 e. The molecule has 1 aromatic heterocycles. The van der Waals surface area contributed by atoms with Crippen LogP contribution in [0.4, 0.5) is 0 Å². The van der Waals surface area contributed by atoms with Crippen molar-refractivity contribution in [2.45, 2.75) is 0 Å². The van der Waals surface area contributed by atoms with Gasteiger partial charge >= 0.3 is 0 Å². The third kappa shape index (κ3) is 6.22. The Kier molecular flexibility index (Phi) is 8.47.